The minimum absolute atomic E-state index is 0.215. The molecule has 1 amide bonds. The van der Waals surface area contributed by atoms with E-state index in [1.54, 1.807) is 0 Å². The first kappa shape index (κ1) is 13.0. The van der Waals surface area contributed by atoms with E-state index in [4.69, 9.17) is 11.6 Å². The zero-order valence-corrected chi connectivity index (χ0v) is 12.1. The third-order valence-electron chi connectivity index (χ3n) is 4.66. The van der Waals surface area contributed by atoms with Crippen molar-refractivity contribution in [1.82, 2.24) is 4.90 Å². The van der Waals surface area contributed by atoms with E-state index in [1.165, 1.54) is 11.1 Å². The van der Waals surface area contributed by atoms with Gasteiger partial charge in [-0.3, -0.25) is 4.79 Å². The lowest BCUT2D eigenvalue weighted by Gasteiger charge is -2.19. The van der Waals surface area contributed by atoms with Gasteiger partial charge in [-0.25, -0.2) is 0 Å². The Morgan fingerprint density at radius 3 is 2.95 bits per heavy atom. The number of benzene rings is 1. The Morgan fingerprint density at radius 2 is 2.21 bits per heavy atom. The van der Waals surface area contributed by atoms with E-state index in [1.807, 2.05) is 11.8 Å². The molecule has 3 unspecified atom stereocenters. The molecular weight excluding hydrogens is 258 g/mol. The average Bonchev–Trinajstić information content (AvgIpc) is 3.19. The van der Waals surface area contributed by atoms with Gasteiger partial charge in [0.25, 0.3) is 0 Å². The molecule has 0 saturated heterocycles. The maximum atomic E-state index is 12.6. The van der Waals surface area contributed by atoms with Gasteiger partial charge in [0.2, 0.25) is 5.91 Å². The molecular formula is C16H20ClNO. The number of carbonyl (C=O) groups is 1. The first-order chi connectivity index (χ1) is 9.27. The van der Waals surface area contributed by atoms with Crippen LogP contribution in [0.25, 0.3) is 0 Å². The fourth-order valence-electron chi connectivity index (χ4n) is 3.64. The van der Waals surface area contributed by atoms with Crippen molar-refractivity contribution in [3.8, 4) is 0 Å². The predicted molar refractivity (Wildman–Crippen MR) is 77.5 cm³/mol. The summed E-state index contributed by atoms with van der Waals surface area (Å²) in [7, 11) is 0. The number of alkyl halides is 1. The zero-order chi connectivity index (χ0) is 13.4. The number of rotatable bonds is 4. The number of nitrogens with zero attached hydrogens (tertiary/aromatic N) is 1. The van der Waals surface area contributed by atoms with Crippen LogP contribution in [-0.2, 0) is 11.2 Å². The molecule has 3 rings (SSSR count). The second-order valence-corrected chi connectivity index (χ2v) is 5.94. The van der Waals surface area contributed by atoms with Crippen LogP contribution >= 0.6 is 11.6 Å². The van der Waals surface area contributed by atoms with E-state index in [0.717, 1.165) is 19.4 Å². The summed E-state index contributed by atoms with van der Waals surface area (Å²) < 4.78 is 0. The topological polar surface area (TPSA) is 20.3 Å². The number of hydrogen-bond donors (Lipinski definition) is 0. The van der Waals surface area contributed by atoms with Gasteiger partial charge in [0, 0.05) is 24.9 Å². The molecule has 2 aliphatic rings. The first-order valence-electron chi connectivity index (χ1n) is 7.20. The fraction of sp³-hybridized carbons (Fsp3) is 0.562. The molecule has 0 radical (unpaired) electrons. The standard InChI is InChI=1S/C16H20ClNO/c1-2-18(10-9-17)16(19)15-13-8-7-11-5-3-4-6-12(11)14(13)15/h3-6,13-15H,2,7-10H2,1H3. The predicted octanol–water partition coefficient (Wildman–Crippen LogP) is 3.05. The minimum atomic E-state index is 0.215. The molecule has 1 saturated carbocycles. The van der Waals surface area contributed by atoms with Crippen LogP contribution in [0.4, 0.5) is 0 Å². The Kier molecular flexibility index (Phi) is 3.53. The summed E-state index contributed by atoms with van der Waals surface area (Å²) in [6, 6.07) is 8.61. The van der Waals surface area contributed by atoms with Crippen molar-refractivity contribution in [2.24, 2.45) is 11.8 Å². The molecule has 19 heavy (non-hydrogen) atoms. The molecule has 0 N–H and O–H groups in total. The number of aryl methyl sites for hydroxylation is 1. The van der Waals surface area contributed by atoms with Crippen molar-refractivity contribution in [2.75, 3.05) is 19.0 Å². The van der Waals surface area contributed by atoms with Crippen LogP contribution in [0, 0.1) is 11.8 Å². The lowest BCUT2D eigenvalue weighted by molar-refractivity contribution is -0.132. The largest absolute Gasteiger partial charge is 0.342 e. The van der Waals surface area contributed by atoms with E-state index in [9.17, 15) is 4.79 Å². The third kappa shape index (κ3) is 2.16. The molecule has 0 heterocycles. The Bertz CT molecular complexity index is 487. The molecule has 0 bridgehead atoms. The summed E-state index contributed by atoms with van der Waals surface area (Å²) in [4.78, 5) is 14.5. The second-order valence-electron chi connectivity index (χ2n) is 5.56. The van der Waals surface area contributed by atoms with Crippen LogP contribution in [-0.4, -0.2) is 29.8 Å². The zero-order valence-electron chi connectivity index (χ0n) is 11.3. The van der Waals surface area contributed by atoms with Gasteiger partial charge in [0.05, 0.1) is 0 Å². The molecule has 3 heteroatoms. The van der Waals surface area contributed by atoms with Crippen LogP contribution in [0.2, 0.25) is 0 Å². The van der Waals surface area contributed by atoms with E-state index >= 15 is 0 Å². The highest BCUT2D eigenvalue weighted by Gasteiger charge is 2.57. The van der Waals surface area contributed by atoms with Gasteiger partial charge < -0.3 is 4.90 Å². The van der Waals surface area contributed by atoms with E-state index < -0.39 is 0 Å². The Hall–Kier alpha value is -1.02. The van der Waals surface area contributed by atoms with Crippen molar-refractivity contribution < 1.29 is 4.79 Å². The van der Waals surface area contributed by atoms with E-state index in [0.29, 0.717) is 30.2 Å². The molecule has 3 atom stereocenters. The van der Waals surface area contributed by atoms with Gasteiger partial charge in [-0.05, 0) is 42.7 Å². The van der Waals surface area contributed by atoms with Crippen LogP contribution < -0.4 is 0 Å². The quantitative estimate of drug-likeness (QED) is 0.775. The van der Waals surface area contributed by atoms with E-state index in [-0.39, 0.29) is 5.92 Å². The molecule has 2 aliphatic carbocycles. The second kappa shape index (κ2) is 5.16. The number of carbonyl (C=O) groups excluding carboxylic acids is 1. The van der Waals surface area contributed by atoms with Gasteiger partial charge in [0.15, 0.2) is 0 Å². The van der Waals surface area contributed by atoms with Crippen molar-refractivity contribution in [1.29, 1.82) is 0 Å². The molecule has 0 aromatic heterocycles. The highest BCUT2D eigenvalue weighted by atomic mass is 35.5. The summed E-state index contributed by atoms with van der Waals surface area (Å²) in [5, 5.41) is 0. The SMILES string of the molecule is CCN(CCCl)C(=O)C1C2CCc3ccccc3C21. The molecule has 2 nitrogen and oxygen atoms in total. The molecule has 1 aromatic rings. The number of hydrogen-bond acceptors (Lipinski definition) is 1. The summed E-state index contributed by atoms with van der Waals surface area (Å²) in [6.07, 6.45) is 2.29. The van der Waals surface area contributed by atoms with Crippen LogP contribution in [0.5, 0.6) is 0 Å². The maximum Gasteiger partial charge on any atom is 0.226 e. The summed E-state index contributed by atoms with van der Waals surface area (Å²) in [6.45, 7) is 3.47. The fourth-order valence-corrected chi connectivity index (χ4v) is 3.84. The summed E-state index contributed by atoms with van der Waals surface area (Å²) in [5.41, 5.74) is 2.86. The highest BCUT2D eigenvalue weighted by Crippen LogP contribution is 2.60. The average molecular weight is 278 g/mol. The normalized spacial score (nSPS) is 27.4. The van der Waals surface area contributed by atoms with Gasteiger partial charge in [-0.1, -0.05) is 24.3 Å². The maximum absolute atomic E-state index is 12.6. The number of fused-ring (bicyclic) bond motifs is 3. The third-order valence-corrected chi connectivity index (χ3v) is 4.83. The van der Waals surface area contributed by atoms with Crippen molar-refractivity contribution >= 4 is 17.5 Å². The molecule has 0 spiro atoms. The minimum Gasteiger partial charge on any atom is -0.342 e. The first-order valence-corrected chi connectivity index (χ1v) is 7.74. The highest BCUT2D eigenvalue weighted by molar-refractivity contribution is 6.18. The van der Waals surface area contributed by atoms with Crippen molar-refractivity contribution in [3.63, 3.8) is 0 Å². The molecule has 1 aromatic carbocycles. The van der Waals surface area contributed by atoms with Gasteiger partial charge in [-0.15, -0.1) is 11.6 Å². The number of amides is 1. The van der Waals surface area contributed by atoms with Crippen LogP contribution in [0.15, 0.2) is 24.3 Å². The van der Waals surface area contributed by atoms with Gasteiger partial charge in [-0.2, -0.15) is 0 Å². The molecule has 102 valence electrons. The summed E-state index contributed by atoms with van der Waals surface area (Å²) >= 11 is 5.78. The Morgan fingerprint density at radius 1 is 1.42 bits per heavy atom. The molecule has 0 aliphatic heterocycles. The smallest absolute Gasteiger partial charge is 0.226 e. The lowest BCUT2D eigenvalue weighted by Crippen LogP contribution is -2.34. The summed E-state index contributed by atoms with van der Waals surface area (Å²) in [5.74, 6) is 2.10. The van der Waals surface area contributed by atoms with Gasteiger partial charge >= 0.3 is 0 Å². The Labute approximate surface area is 119 Å². The Balaban J connectivity index is 1.78. The van der Waals surface area contributed by atoms with Crippen LogP contribution in [0.3, 0.4) is 0 Å². The monoisotopic (exact) mass is 277 g/mol. The van der Waals surface area contributed by atoms with Crippen molar-refractivity contribution in [2.45, 2.75) is 25.7 Å². The molecule has 1 fully saturated rings. The van der Waals surface area contributed by atoms with Crippen LogP contribution in [0.1, 0.15) is 30.4 Å². The lowest BCUT2D eigenvalue weighted by atomic mass is 9.92. The number of halogens is 1. The van der Waals surface area contributed by atoms with Gasteiger partial charge in [0.1, 0.15) is 0 Å². The van der Waals surface area contributed by atoms with E-state index in [2.05, 4.69) is 24.3 Å². The van der Waals surface area contributed by atoms with Crippen molar-refractivity contribution in [3.05, 3.63) is 35.4 Å².